The molecule has 1 unspecified atom stereocenters. The Balaban J connectivity index is 4.11. The van der Waals surface area contributed by atoms with E-state index in [1.54, 1.807) is 0 Å². The first-order chi connectivity index (χ1) is 7.47. The van der Waals surface area contributed by atoms with Crippen LogP contribution in [-0.4, -0.2) is 41.9 Å². The Morgan fingerprint density at radius 2 is 2.00 bits per heavy atom. The number of hydrogen-bond donors (Lipinski definition) is 4. The van der Waals surface area contributed by atoms with Crippen molar-refractivity contribution in [2.24, 2.45) is 5.73 Å². The molecule has 0 aliphatic rings. The number of nitrogens with one attached hydrogen (secondary N) is 2. The second-order valence-corrected chi connectivity index (χ2v) is 2.96. The fourth-order valence-corrected chi connectivity index (χ4v) is 0.924. The van der Waals surface area contributed by atoms with Crippen molar-refractivity contribution in [3.63, 3.8) is 0 Å². The number of amides is 3. The molecule has 0 aromatic heterocycles. The van der Waals surface area contributed by atoms with Crippen molar-refractivity contribution < 1.29 is 24.3 Å². The molecule has 1 atom stereocenters. The minimum absolute atomic E-state index is 0.0858. The third kappa shape index (κ3) is 6.35. The first kappa shape index (κ1) is 13.9. The molecule has 0 heterocycles. The van der Waals surface area contributed by atoms with Crippen LogP contribution in [0.3, 0.4) is 0 Å². The van der Waals surface area contributed by atoms with Gasteiger partial charge in [0.05, 0.1) is 6.54 Å². The monoisotopic (exact) mass is 231 g/mol. The average molecular weight is 231 g/mol. The van der Waals surface area contributed by atoms with Crippen LogP contribution in [0.2, 0.25) is 0 Å². The highest BCUT2D eigenvalue weighted by Crippen LogP contribution is 1.96. The summed E-state index contributed by atoms with van der Waals surface area (Å²) in [7, 11) is 0. The molecule has 0 aliphatic carbocycles. The minimum atomic E-state index is -1.26. The lowest BCUT2D eigenvalue weighted by atomic mass is 10.1. The Bertz CT molecular complexity index is 291. The zero-order valence-corrected chi connectivity index (χ0v) is 8.43. The molecular formula is C8H13N3O5. The van der Waals surface area contributed by atoms with Crippen LogP contribution in [0.1, 0.15) is 12.8 Å². The van der Waals surface area contributed by atoms with Gasteiger partial charge in [-0.15, -0.1) is 0 Å². The largest absolute Gasteiger partial charge is 0.480 e. The van der Waals surface area contributed by atoms with Gasteiger partial charge in [-0.3, -0.25) is 14.4 Å². The van der Waals surface area contributed by atoms with E-state index >= 15 is 0 Å². The molecule has 3 amide bonds. The van der Waals surface area contributed by atoms with Crippen molar-refractivity contribution in [1.29, 1.82) is 0 Å². The molecule has 8 nitrogen and oxygen atoms in total. The van der Waals surface area contributed by atoms with Gasteiger partial charge in [-0.1, -0.05) is 0 Å². The first-order valence-corrected chi connectivity index (χ1v) is 4.45. The van der Waals surface area contributed by atoms with Gasteiger partial charge in [-0.2, -0.15) is 0 Å². The van der Waals surface area contributed by atoms with Crippen LogP contribution >= 0.6 is 0 Å². The van der Waals surface area contributed by atoms with Gasteiger partial charge in [0.1, 0.15) is 6.04 Å². The Morgan fingerprint density at radius 1 is 1.38 bits per heavy atom. The van der Waals surface area contributed by atoms with E-state index < -0.39 is 23.8 Å². The van der Waals surface area contributed by atoms with Crippen molar-refractivity contribution in [1.82, 2.24) is 10.6 Å². The topological polar surface area (TPSA) is 139 Å². The van der Waals surface area contributed by atoms with E-state index in [4.69, 9.17) is 10.8 Å². The van der Waals surface area contributed by atoms with Gasteiger partial charge in [0, 0.05) is 6.42 Å². The highest BCUT2D eigenvalue weighted by atomic mass is 16.4. The van der Waals surface area contributed by atoms with Crippen molar-refractivity contribution in [2.45, 2.75) is 18.9 Å². The number of carboxylic acids is 1. The Morgan fingerprint density at radius 3 is 2.44 bits per heavy atom. The molecule has 0 saturated carbocycles. The summed E-state index contributed by atoms with van der Waals surface area (Å²) in [6.45, 7) is -0.316. The average Bonchev–Trinajstić information content (AvgIpc) is 2.20. The summed E-state index contributed by atoms with van der Waals surface area (Å²) in [4.78, 5) is 42.0. The fourth-order valence-electron chi connectivity index (χ4n) is 0.924. The van der Waals surface area contributed by atoms with E-state index in [-0.39, 0.29) is 19.4 Å². The van der Waals surface area contributed by atoms with Gasteiger partial charge < -0.3 is 21.5 Å². The number of primary amides is 1. The summed E-state index contributed by atoms with van der Waals surface area (Å²) in [6, 6.07) is -1.19. The van der Waals surface area contributed by atoms with E-state index in [9.17, 15) is 19.2 Å². The van der Waals surface area contributed by atoms with Gasteiger partial charge in [0.15, 0.2) is 0 Å². The van der Waals surface area contributed by atoms with Crippen molar-refractivity contribution in [3.8, 4) is 0 Å². The SMILES string of the molecule is NC(=O)CCC(NC(=O)CNC=O)C(=O)O. The molecule has 16 heavy (non-hydrogen) atoms. The standard InChI is InChI=1S/C8H13N3O5/c9-6(13)2-1-5(8(15)16)11-7(14)3-10-4-12/h4-5H,1-3H2,(H2,9,13)(H,10,12)(H,11,14)(H,15,16). The van der Waals surface area contributed by atoms with Crippen molar-refractivity contribution in [3.05, 3.63) is 0 Å². The predicted molar refractivity (Wildman–Crippen MR) is 52.1 cm³/mol. The molecule has 0 aromatic rings. The normalized spacial score (nSPS) is 11.2. The molecule has 90 valence electrons. The maximum Gasteiger partial charge on any atom is 0.326 e. The van der Waals surface area contributed by atoms with E-state index in [1.165, 1.54) is 0 Å². The molecular weight excluding hydrogens is 218 g/mol. The van der Waals surface area contributed by atoms with Crippen LogP contribution in [-0.2, 0) is 19.2 Å². The Labute approximate surface area is 91.2 Å². The van der Waals surface area contributed by atoms with Crippen LogP contribution in [0, 0.1) is 0 Å². The summed E-state index contributed by atoms with van der Waals surface area (Å²) >= 11 is 0. The maximum absolute atomic E-state index is 11.0. The summed E-state index contributed by atoms with van der Waals surface area (Å²) in [5.74, 6) is -2.56. The second-order valence-electron chi connectivity index (χ2n) is 2.96. The summed E-state index contributed by atoms with van der Waals surface area (Å²) in [5.41, 5.74) is 4.85. The molecule has 0 saturated heterocycles. The van der Waals surface area contributed by atoms with Gasteiger partial charge in [0.25, 0.3) is 0 Å². The number of nitrogens with two attached hydrogens (primary N) is 1. The smallest absolute Gasteiger partial charge is 0.326 e. The zero-order chi connectivity index (χ0) is 12.6. The number of aliphatic carboxylic acids is 1. The van der Waals surface area contributed by atoms with Crippen molar-refractivity contribution in [2.75, 3.05) is 6.54 Å². The predicted octanol–water partition coefficient (Wildman–Crippen LogP) is -2.43. The van der Waals surface area contributed by atoms with Gasteiger partial charge >= 0.3 is 5.97 Å². The minimum Gasteiger partial charge on any atom is -0.480 e. The van der Waals surface area contributed by atoms with Crippen LogP contribution in [0.5, 0.6) is 0 Å². The second kappa shape index (κ2) is 7.21. The highest BCUT2D eigenvalue weighted by Gasteiger charge is 2.19. The summed E-state index contributed by atoms with van der Waals surface area (Å²) < 4.78 is 0. The number of carboxylic acid groups (broad SMARTS) is 1. The quantitative estimate of drug-likeness (QED) is 0.344. The third-order valence-corrected chi connectivity index (χ3v) is 1.66. The van der Waals surface area contributed by atoms with E-state index in [2.05, 4.69) is 10.6 Å². The summed E-state index contributed by atoms with van der Waals surface area (Å²) in [6.07, 6.45) is 0.0919. The molecule has 0 aliphatic heterocycles. The van der Waals surface area contributed by atoms with Crippen LogP contribution in [0.15, 0.2) is 0 Å². The third-order valence-electron chi connectivity index (χ3n) is 1.66. The lowest BCUT2D eigenvalue weighted by Gasteiger charge is -2.13. The van der Waals surface area contributed by atoms with E-state index in [0.29, 0.717) is 6.41 Å². The molecule has 0 rings (SSSR count). The fraction of sp³-hybridized carbons (Fsp3) is 0.500. The maximum atomic E-state index is 11.0. The number of hydrogen-bond acceptors (Lipinski definition) is 4. The number of carbonyl (C=O) groups is 4. The number of rotatable bonds is 8. The molecule has 0 spiro atoms. The van der Waals surface area contributed by atoms with Gasteiger partial charge in [-0.05, 0) is 6.42 Å². The molecule has 0 bridgehead atoms. The highest BCUT2D eigenvalue weighted by molar-refractivity contribution is 5.86. The zero-order valence-electron chi connectivity index (χ0n) is 8.43. The molecule has 8 heteroatoms. The van der Waals surface area contributed by atoms with Crippen LogP contribution < -0.4 is 16.4 Å². The van der Waals surface area contributed by atoms with Crippen LogP contribution in [0.4, 0.5) is 0 Å². The molecule has 0 aromatic carbocycles. The van der Waals surface area contributed by atoms with Crippen LogP contribution in [0.25, 0.3) is 0 Å². The summed E-state index contributed by atoms with van der Waals surface area (Å²) in [5, 5.41) is 12.9. The van der Waals surface area contributed by atoms with Gasteiger partial charge in [-0.25, -0.2) is 4.79 Å². The Kier molecular flexibility index (Phi) is 6.25. The van der Waals surface area contributed by atoms with Crippen molar-refractivity contribution >= 4 is 24.2 Å². The lowest BCUT2D eigenvalue weighted by molar-refractivity contribution is -0.142. The van der Waals surface area contributed by atoms with Gasteiger partial charge in [0.2, 0.25) is 18.2 Å². The Hall–Kier alpha value is -2.12. The number of carbonyl (C=O) groups excluding carboxylic acids is 3. The molecule has 0 radical (unpaired) electrons. The lowest BCUT2D eigenvalue weighted by Crippen LogP contribution is -2.44. The molecule has 0 fully saturated rings. The van der Waals surface area contributed by atoms with E-state index in [0.717, 1.165) is 0 Å². The first-order valence-electron chi connectivity index (χ1n) is 4.45. The van der Waals surface area contributed by atoms with E-state index in [1.807, 2.05) is 0 Å². The molecule has 5 N–H and O–H groups in total.